The molecule has 1 aliphatic rings. The summed E-state index contributed by atoms with van der Waals surface area (Å²) in [4.78, 5) is 0.552. The van der Waals surface area contributed by atoms with E-state index in [2.05, 4.69) is 31.9 Å². The van der Waals surface area contributed by atoms with Crippen LogP contribution < -0.4 is 0 Å². The third kappa shape index (κ3) is 1.72. The van der Waals surface area contributed by atoms with Crippen molar-refractivity contribution in [3.63, 3.8) is 0 Å². The molecule has 12 heavy (non-hydrogen) atoms. The van der Waals surface area contributed by atoms with Gasteiger partial charge in [-0.15, -0.1) is 0 Å². The molecule has 4 heteroatoms. The lowest BCUT2D eigenvalue weighted by Crippen LogP contribution is -2.52. The smallest absolute Gasteiger partial charge is 0.192 e. The molecule has 0 radical (unpaired) electrons. The number of methoxy groups -OCH3 is 2. The highest BCUT2D eigenvalue weighted by atomic mass is 79.9. The Labute approximate surface area is 90.3 Å². The molecule has 0 aromatic carbocycles. The first-order valence-corrected chi connectivity index (χ1v) is 5.89. The quantitative estimate of drug-likeness (QED) is 0.577. The molecule has 0 N–H and O–H groups in total. The van der Waals surface area contributed by atoms with Crippen LogP contribution in [0.1, 0.15) is 19.3 Å². The second-order valence-corrected chi connectivity index (χ2v) is 5.21. The standard InChI is InChI=1S/C8H14Br2O2/c1-11-8(12-2)6(9)4-3-5-7(8)10/h6-7H,3-5H2,1-2H3. The van der Waals surface area contributed by atoms with Crippen LogP contribution in [0.5, 0.6) is 0 Å². The number of hydrogen-bond donors (Lipinski definition) is 0. The van der Waals surface area contributed by atoms with Crippen molar-refractivity contribution >= 4 is 31.9 Å². The van der Waals surface area contributed by atoms with Crippen LogP contribution in [0.15, 0.2) is 0 Å². The minimum absolute atomic E-state index is 0.276. The van der Waals surface area contributed by atoms with Crippen LogP contribution in [-0.4, -0.2) is 29.7 Å². The van der Waals surface area contributed by atoms with Gasteiger partial charge in [-0.25, -0.2) is 0 Å². The van der Waals surface area contributed by atoms with Gasteiger partial charge in [0.05, 0.1) is 9.65 Å². The maximum atomic E-state index is 5.44. The molecule has 0 saturated heterocycles. The van der Waals surface area contributed by atoms with Crippen molar-refractivity contribution in [1.29, 1.82) is 0 Å². The fraction of sp³-hybridized carbons (Fsp3) is 1.00. The normalized spacial score (nSPS) is 35.0. The maximum absolute atomic E-state index is 5.44. The molecule has 72 valence electrons. The largest absolute Gasteiger partial charge is 0.351 e. The number of alkyl halides is 2. The fourth-order valence-corrected chi connectivity index (χ4v) is 4.06. The Hall–Kier alpha value is 0.880. The lowest BCUT2D eigenvalue weighted by Gasteiger charge is -2.42. The van der Waals surface area contributed by atoms with E-state index >= 15 is 0 Å². The van der Waals surface area contributed by atoms with Gasteiger partial charge >= 0.3 is 0 Å². The highest BCUT2D eigenvalue weighted by Crippen LogP contribution is 2.40. The topological polar surface area (TPSA) is 18.5 Å². The lowest BCUT2D eigenvalue weighted by molar-refractivity contribution is -0.211. The van der Waals surface area contributed by atoms with Crippen LogP contribution in [-0.2, 0) is 9.47 Å². The van der Waals surface area contributed by atoms with Crippen molar-refractivity contribution in [1.82, 2.24) is 0 Å². The first-order valence-electron chi connectivity index (χ1n) is 4.06. The van der Waals surface area contributed by atoms with Crippen LogP contribution >= 0.6 is 31.9 Å². The Balaban J connectivity index is 2.77. The van der Waals surface area contributed by atoms with Gasteiger partial charge in [-0.2, -0.15) is 0 Å². The molecule has 1 aliphatic carbocycles. The van der Waals surface area contributed by atoms with Crippen LogP contribution in [0.2, 0.25) is 0 Å². The summed E-state index contributed by atoms with van der Waals surface area (Å²) in [5.41, 5.74) is 0. The Bertz CT molecular complexity index is 136. The van der Waals surface area contributed by atoms with E-state index in [9.17, 15) is 0 Å². The second-order valence-electron chi connectivity index (χ2n) is 3.00. The lowest BCUT2D eigenvalue weighted by atomic mass is 9.94. The van der Waals surface area contributed by atoms with E-state index in [1.165, 1.54) is 6.42 Å². The van der Waals surface area contributed by atoms with Gasteiger partial charge in [-0.05, 0) is 12.8 Å². The molecule has 0 aliphatic heterocycles. The van der Waals surface area contributed by atoms with E-state index in [1.807, 2.05) is 0 Å². The monoisotopic (exact) mass is 300 g/mol. The van der Waals surface area contributed by atoms with Gasteiger partial charge < -0.3 is 9.47 Å². The summed E-state index contributed by atoms with van der Waals surface area (Å²) in [7, 11) is 3.38. The molecule has 0 bridgehead atoms. The molecule has 1 saturated carbocycles. The van der Waals surface area contributed by atoms with Gasteiger partial charge in [-0.1, -0.05) is 38.3 Å². The first kappa shape index (κ1) is 11.0. The molecule has 0 spiro atoms. The van der Waals surface area contributed by atoms with E-state index in [1.54, 1.807) is 14.2 Å². The zero-order valence-electron chi connectivity index (χ0n) is 7.35. The Morgan fingerprint density at radius 1 is 1.08 bits per heavy atom. The molecule has 0 aromatic rings. The van der Waals surface area contributed by atoms with Crippen LogP contribution in [0.25, 0.3) is 0 Å². The summed E-state index contributed by atoms with van der Waals surface area (Å²) in [6, 6.07) is 0. The molecule has 1 rings (SSSR count). The van der Waals surface area contributed by atoms with Crippen LogP contribution in [0.3, 0.4) is 0 Å². The molecule has 2 atom stereocenters. The molecular formula is C8H14Br2O2. The first-order chi connectivity index (χ1) is 5.67. The molecule has 2 unspecified atom stereocenters. The Morgan fingerprint density at radius 2 is 1.50 bits per heavy atom. The molecular weight excluding hydrogens is 288 g/mol. The molecule has 0 amide bonds. The predicted octanol–water partition coefficient (Wildman–Crippen LogP) is 2.69. The number of rotatable bonds is 2. The predicted molar refractivity (Wildman–Crippen MR) is 56.0 cm³/mol. The highest BCUT2D eigenvalue weighted by Gasteiger charge is 2.46. The van der Waals surface area contributed by atoms with Crippen molar-refractivity contribution in [2.75, 3.05) is 14.2 Å². The summed E-state index contributed by atoms with van der Waals surface area (Å²) >= 11 is 7.19. The van der Waals surface area contributed by atoms with Gasteiger partial charge in [-0.3, -0.25) is 0 Å². The van der Waals surface area contributed by atoms with Gasteiger partial charge in [0.25, 0.3) is 0 Å². The van der Waals surface area contributed by atoms with Crippen molar-refractivity contribution in [2.45, 2.75) is 34.7 Å². The summed E-state index contributed by atoms with van der Waals surface area (Å²) in [6.07, 6.45) is 3.41. The van der Waals surface area contributed by atoms with E-state index < -0.39 is 5.79 Å². The summed E-state index contributed by atoms with van der Waals surface area (Å²) in [5, 5.41) is 0. The summed E-state index contributed by atoms with van der Waals surface area (Å²) < 4.78 is 10.9. The Morgan fingerprint density at radius 3 is 1.75 bits per heavy atom. The van der Waals surface area contributed by atoms with Gasteiger partial charge in [0.2, 0.25) is 0 Å². The Kier molecular flexibility index (Phi) is 4.02. The fourth-order valence-electron chi connectivity index (χ4n) is 1.67. The van der Waals surface area contributed by atoms with E-state index in [-0.39, 0.29) is 9.65 Å². The van der Waals surface area contributed by atoms with Gasteiger partial charge in [0.15, 0.2) is 5.79 Å². The molecule has 0 heterocycles. The van der Waals surface area contributed by atoms with Gasteiger partial charge in [0.1, 0.15) is 0 Å². The van der Waals surface area contributed by atoms with Crippen LogP contribution in [0.4, 0.5) is 0 Å². The number of ether oxygens (including phenoxy) is 2. The minimum Gasteiger partial charge on any atom is -0.351 e. The minimum atomic E-state index is -0.488. The highest BCUT2D eigenvalue weighted by molar-refractivity contribution is 9.10. The van der Waals surface area contributed by atoms with Crippen LogP contribution in [0, 0.1) is 0 Å². The zero-order valence-corrected chi connectivity index (χ0v) is 10.5. The molecule has 0 aromatic heterocycles. The third-order valence-electron chi connectivity index (χ3n) is 2.43. The van der Waals surface area contributed by atoms with E-state index in [0.29, 0.717) is 0 Å². The summed E-state index contributed by atoms with van der Waals surface area (Å²) in [6.45, 7) is 0. The average molecular weight is 302 g/mol. The number of halogens is 2. The van der Waals surface area contributed by atoms with Gasteiger partial charge in [0, 0.05) is 14.2 Å². The maximum Gasteiger partial charge on any atom is 0.192 e. The molecule has 1 fully saturated rings. The van der Waals surface area contributed by atoms with Crippen molar-refractivity contribution in [2.24, 2.45) is 0 Å². The number of hydrogen-bond acceptors (Lipinski definition) is 2. The van der Waals surface area contributed by atoms with Crippen molar-refractivity contribution in [3.8, 4) is 0 Å². The van der Waals surface area contributed by atoms with E-state index in [4.69, 9.17) is 9.47 Å². The summed E-state index contributed by atoms with van der Waals surface area (Å²) in [5.74, 6) is -0.488. The average Bonchev–Trinajstić information content (AvgIpc) is 2.06. The SMILES string of the molecule is COC1(OC)C(Br)CCCC1Br. The van der Waals surface area contributed by atoms with Crippen molar-refractivity contribution < 1.29 is 9.47 Å². The van der Waals surface area contributed by atoms with Crippen molar-refractivity contribution in [3.05, 3.63) is 0 Å². The zero-order chi connectivity index (χ0) is 9.19. The van der Waals surface area contributed by atoms with E-state index in [0.717, 1.165) is 12.8 Å². The molecule has 2 nitrogen and oxygen atoms in total. The third-order valence-corrected chi connectivity index (χ3v) is 4.62. The second kappa shape index (κ2) is 4.40.